The average molecular weight is 202 g/mol. The molecule has 2 unspecified atom stereocenters. The number of benzene rings is 1. The second kappa shape index (κ2) is 4.07. The first-order valence-corrected chi connectivity index (χ1v) is 5.50. The van der Waals surface area contributed by atoms with Crippen LogP contribution in [0.1, 0.15) is 31.7 Å². The Morgan fingerprint density at radius 2 is 2.00 bits per heavy atom. The number of para-hydroxylation sites is 1. The summed E-state index contributed by atoms with van der Waals surface area (Å²) in [6.45, 7) is 4.30. The van der Waals surface area contributed by atoms with Crippen LogP contribution in [0.2, 0.25) is 0 Å². The number of aromatic nitrogens is 1. The first-order valence-electron chi connectivity index (χ1n) is 5.50. The molecule has 3 N–H and O–H groups in total. The molecular weight excluding hydrogens is 184 g/mol. The first-order chi connectivity index (χ1) is 7.18. The number of rotatable bonds is 3. The summed E-state index contributed by atoms with van der Waals surface area (Å²) < 4.78 is 0. The van der Waals surface area contributed by atoms with Crippen molar-refractivity contribution < 1.29 is 0 Å². The van der Waals surface area contributed by atoms with Gasteiger partial charge >= 0.3 is 0 Å². The van der Waals surface area contributed by atoms with E-state index < -0.39 is 0 Å². The minimum Gasteiger partial charge on any atom is -0.361 e. The molecule has 0 aliphatic carbocycles. The Labute approximate surface area is 90.5 Å². The minimum atomic E-state index is 0.258. The SMILES string of the molecule is CC(N)CC(C)c1c[nH]c2ccccc12. The number of H-pyrrole nitrogens is 1. The maximum Gasteiger partial charge on any atom is 0.0456 e. The van der Waals surface area contributed by atoms with Crippen LogP contribution in [0.25, 0.3) is 10.9 Å². The molecule has 0 saturated carbocycles. The van der Waals surface area contributed by atoms with Gasteiger partial charge in [0.2, 0.25) is 0 Å². The van der Waals surface area contributed by atoms with Crippen molar-refractivity contribution in [2.75, 3.05) is 0 Å². The highest BCUT2D eigenvalue weighted by Crippen LogP contribution is 2.27. The summed E-state index contributed by atoms with van der Waals surface area (Å²) in [4.78, 5) is 3.30. The summed E-state index contributed by atoms with van der Waals surface area (Å²) in [5.41, 5.74) is 8.42. The first kappa shape index (κ1) is 10.2. The molecule has 0 saturated heterocycles. The van der Waals surface area contributed by atoms with Crippen molar-refractivity contribution in [1.82, 2.24) is 4.98 Å². The van der Waals surface area contributed by atoms with Crippen molar-refractivity contribution in [3.05, 3.63) is 36.0 Å². The molecule has 80 valence electrons. The Morgan fingerprint density at radius 3 is 2.73 bits per heavy atom. The van der Waals surface area contributed by atoms with Gasteiger partial charge < -0.3 is 10.7 Å². The van der Waals surface area contributed by atoms with Crippen LogP contribution in [0.4, 0.5) is 0 Å². The van der Waals surface area contributed by atoms with Crippen molar-refractivity contribution in [3.63, 3.8) is 0 Å². The maximum absolute atomic E-state index is 5.83. The van der Waals surface area contributed by atoms with E-state index >= 15 is 0 Å². The predicted octanol–water partition coefficient (Wildman–Crippen LogP) is 3.01. The Balaban J connectivity index is 2.35. The van der Waals surface area contributed by atoms with Gasteiger partial charge in [-0.25, -0.2) is 0 Å². The number of hydrogen-bond acceptors (Lipinski definition) is 1. The zero-order chi connectivity index (χ0) is 10.8. The van der Waals surface area contributed by atoms with E-state index in [9.17, 15) is 0 Å². The molecule has 0 aliphatic heterocycles. The Hall–Kier alpha value is -1.28. The van der Waals surface area contributed by atoms with Gasteiger partial charge in [-0.15, -0.1) is 0 Å². The fourth-order valence-electron chi connectivity index (χ4n) is 2.19. The quantitative estimate of drug-likeness (QED) is 0.789. The molecule has 2 nitrogen and oxygen atoms in total. The van der Waals surface area contributed by atoms with Crippen molar-refractivity contribution in [2.45, 2.75) is 32.2 Å². The Morgan fingerprint density at radius 1 is 1.27 bits per heavy atom. The number of fused-ring (bicyclic) bond motifs is 1. The summed E-state index contributed by atoms with van der Waals surface area (Å²) >= 11 is 0. The van der Waals surface area contributed by atoms with E-state index in [1.165, 1.54) is 16.5 Å². The smallest absolute Gasteiger partial charge is 0.0456 e. The van der Waals surface area contributed by atoms with Crippen molar-refractivity contribution >= 4 is 10.9 Å². The molecule has 0 radical (unpaired) electrons. The summed E-state index contributed by atoms with van der Waals surface area (Å²) in [6, 6.07) is 8.67. The van der Waals surface area contributed by atoms with Gasteiger partial charge in [-0.1, -0.05) is 25.1 Å². The fourth-order valence-corrected chi connectivity index (χ4v) is 2.19. The normalized spacial score (nSPS) is 15.4. The molecule has 15 heavy (non-hydrogen) atoms. The number of nitrogens with one attached hydrogen (secondary N) is 1. The van der Waals surface area contributed by atoms with Gasteiger partial charge in [-0.05, 0) is 30.9 Å². The van der Waals surface area contributed by atoms with Crippen LogP contribution >= 0.6 is 0 Å². The Bertz CT molecular complexity index is 442. The molecule has 0 fully saturated rings. The minimum absolute atomic E-state index is 0.258. The van der Waals surface area contributed by atoms with E-state index in [0.29, 0.717) is 5.92 Å². The molecule has 2 heteroatoms. The van der Waals surface area contributed by atoms with Gasteiger partial charge in [0, 0.05) is 23.1 Å². The maximum atomic E-state index is 5.83. The average Bonchev–Trinajstić information content (AvgIpc) is 2.59. The molecule has 1 heterocycles. The van der Waals surface area contributed by atoms with Crippen LogP contribution in [0.15, 0.2) is 30.5 Å². The van der Waals surface area contributed by atoms with E-state index in [-0.39, 0.29) is 6.04 Å². The molecule has 1 aromatic heterocycles. The predicted molar refractivity (Wildman–Crippen MR) is 65.0 cm³/mol. The second-order valence-electron chi connectivity index (χ2n) is 4.40. The van der Waals surface area contributed by atoms with Crippen LogP contribution in [-0.4, -0.2) is 11.0 Å². The molecule has 0 spiro atoms. The third-order valence-corrected chi connectivity index (χ3v) is 2.88. The lowest BCUT2D eigenvalue weighted by atomic mass is 9.94. The highest BCUT2D eigenvalue weighted by molar-refractivity contribution is 5.83. The van der Waals surface area contributed by atoms with E-state index in [1.54, 1.807) is 0 Å². The number of nitrogens with two attached hydrogens (primary N) is 1. The summed E-state index contributed by atoms with van der Waals surface area (Å²) in [5, 5.41) is 1.32. The second-order valence-corrected chi connectivity index (χ2v) is 4.40. The van der Waals surface area contributed by atoms with E-state index in [4.69, 9.17) is 5.73 Å². The summed E-state index contributed by atoms with van der Waals surface area (Å²) in [7, 11) is 0. The molecule has 0 bridgehead atoms. The molecule has 0 aliphatic rings. The largest absolute Gasteiger partial charge is 0.361 e. The van der Waals surface area contributed by atoms with Crippen LogP contribution in [0.5, 0.6) is 0 Å². The lowest BCUT2D eigenvalue weighted by Gasteiger charge is -2.13. The molecule has 0 amide bonds. The monoisotopic (exact) mass is 202 g/mol. The van der Waals surface area contributed by atoms with Crippen molar-refractivity contribution in [1.29, 1.82) is 0 Å². The van der Waals surface area contributed by atoms with E-state index in [2.05, 4.69) is 49.3 Å². The number of hydrogen-bond donors (Lipinski definition) is 2. The molecular formula is C13H18N2. The fraction of sp³-hybridized carbons (Fsp3) is 0.385. The van der Waals surface area contributed by atoms with Crippen LogP contribution in [0, 0.1) is 0 Å². The molecule has 2 rings (SSSR count). The number of aromatic amines is 1. The Kier molecular flexibility index (Phi) is 2.78. The lowest BCUT2D eigenvalue weighted by Crippen LogP contribution is -2.17. The highest BCUT2D eigenvalue weighted by Gasteiger charge is 2.12. The standard InChI is InChI=1S/C13H18N2/c1-9(7-10(2)14)12-8-15-13-6-4-3-5-11(12)13/h3-6,8-10,15H,7,14H2,1-2H3. The zero-order valence-electron chi connectivity index (χ0n) is 9.33. The molecule has 2 aromatic rings. The van der Waals surface area contributed by atoms with E-state index in [1.807, 2.05) is 0 Å². The topological polar surface area (TPSA) is 41.8 Å². The van der Waals surface area contributed by atoms with Gasteiger partial charge in [0.1, 0.15) is 0 Å². The molecule has 2 atom stereocenters. The van der Waals surface area contributed by atoms with Gasteiger partial charge in [-0.3, -0.25) is 0 Å². The van der Waals surface area contributed by atoms with E-state index in [0.717, 1.165) is 6.42 Å². The third kappa shape index (κ3) is 2.05. The van der Waals surface area contributed by atoms with Crippen LogP contribution < -0.4 is 5.73 Å². The van der Waals surface area contributed by atoms with Crippen LogP contribution in [-0.2, 0) is 0 Å². The summed E-state index contributed by atoms with van der Waals surface area (Å²) in [6.07, 6.45) is 3.14. The van der Waals surface area contributed by atoms with Gasteiger partial charge in [-0.2, -0.15) is 0 Å². The highest BCUT2D eigenvalue weighted by atomic mass is 14.7. The molecule has 1 aromatic carbocycles. The van der Waals surface area contributed by atoms with Gasteiger partial charge in [0.15, 0.2) is 0 Å². The van der Waals surface area contributed by atoms with Crippen LogP contribution in [0.3, 0.4) is 0 Å². The van der Waals surface area contributed by atoms with Gasteiger partial charge in [0.05, 0.1) is 0 Å². The zero-order valence-corrected chi connectivity index (χ0v) is 9.33. The summed E-state index contributed by atoms with van der Waals surface area (Å²) in [5.74, 6) is 0.515. The lowest BCUT2D eigenvalue weighted by molar-refractivity contribution is 0.588. The van der Waals surface area contributed by atoms with Gasteiger partial charge in [0.25, 0.3) is 0 Å². The van der Waals surface area contributed by atoms with Crippen molar-refractivity contribution in [2.24, 2.45) is 5.73 Å². The van der Waals surface area contributed by atoms with Crippen molar-refractivity contribution in [3.8, 4) is 0 Å². The third-order valence-electron chi connectivity index (χ3n) is 2.88.